The van der Waals surface area contributed by atoms with E-state index in [-0.39, 0.29) is 17.8 Å². The van der Waals surface area contributed by atoms with E-state index >= 15 is 0 Å². The molecule has 0 radical (unpaired) electrons. The molecule has 1 aliphatic carbocycles. The summed E-state index contributed by atoms with van der Waals surface area (Å²) in [6, 6.07) is 16.0. The van der Waals surface area contributed by atoms with Gasteiger partial charge >= 0.3 is 5.97 Å². The first-order chi connectivity index (χ1) is 13.1. The molecule has 27 heavy (non-hydrogen) atoms. The molecule has 0 saturated heterocycles. The molecule has 3 rings (SSSR count). The molecular formula is C23H24O4. The van der Waals surface area contributed by atoms with Crippen molar-refractivity contribution < 1.29 is 19.0 Å². The molecule has 0 aromatic heterocycles. The maximum atomic E-state index is 11.8. The van der Waals surface area contributed by atoms with Gasteiger partial charge in [0.15, 0.2) is 0 Å². The van der Waals surface area contributed by atoms with Crippen LogP contribution in [0.3, 0.4) is 0 Å². The molecular weight excluding hydrogens is 340 g/mol. The Morgan fingerprint density at radius 3 is 2.22 bits per heavy atom. The SMILES string of the molecule is COc1cc(OC)cc([C@@H]2C(OC(C)=O)=CCC=C[C@@H]2c2ccccc2)c1. The second-order valence-electron chi connectivity index (χ2n) is 6.42. The van der Waals surface area contributed by atoms with E-state index in [9.17, 15) is 4.79 Å². The molecule has 0 heterocycles. The van der Waals surface area contributed by atoms with E-state index in [1.807, 2.05) is 42.5 Å². The van der Waals surface area contributed by atoms with Gasteiger partial charge < -0.3 is 14.2 Å². The molecule has 4 nitrogen and oxygen atoms in total. The maximum Gasteiger partial charge on any atom is 0.307 e. The number of rotatable bonds is 5. The summed E-state index contributed by atoms with van der Waals surface area (Å²) in [6.07, 6.45) is 6.97. The van der Waals surface area contributed by atoms with Gasteiger partial charge in [-0.15, -0.1) is 0 Å². The van der Waals surface area contributed by atoms with E-state index in [2.05, 4.69) is 24.3 Å². The number of hydrogen-bond acceptors (Lipinski definition) is 4. The monoisotopic (exact) mass is 364 g/mol. The first kappa shape index (κ1) is 18.8. The van der Waals surface area contributed by atoms with Gasteiger partial charge in [-0.05, 0) is 35.8 Å². The van der Waals surface area contributed by atoms with Crippen LogP contribution < -0.4 is 9.47 Å². The number of hydrogen-bond donors (Lipinski definition) is 0. The summed E-state index contributed by atoms with van der Waals surface area (Å²) in [7, 11) is 3.26. The van der Waals surface area contributed by atoms with E-state index in [1.165, 1.54) is 6.92 Å². The highest BCUT2D eigenvalue weighted by molar-refractivity contribution is 5.68. The van der Waals surface area contributed by atoms with Crippen LogP contribution in [-0.2, 0) is 9.53 Å². The molecule has 4 heteroatoms. The number of ether oxygens (including phenoxy) is 3. The van der Waals surface area contributed by atoms with Gasteiger partial charge in [-0.3, -0.25) is 4.79 Å². The van der Waals surface area contributed by atoms with Gasteiger partial charge in [0.1, 0.15) is 17.3 Å². The highest BCUT2D eigenvalue weighted by Crippen LogP contribution is 2.43. The lowest BCUT2D eigenvalue weighted by Crippen LogP contribution is -2.16. The predicted octanol–water partition coefficient (Wildman–Crippen LogP) is 4.98. The van der Waals surface area contributed by atoms with Crippen LogP contribution in [0.1, 0.15) is 36.3 Å². The van der Waals surface area contributed by atoms with Crippen LogP contribution in [-0.4, -0.2) is 20.2 Å². The molecule has 0 bridgehead atoms. The number of benzene rings is 2. The van der Waals surface area contributed by atoms with Crippen molar-refractivity contribution in [3.05, 3.63) is 83.6 Å². The standard InChI is InChI=1S/C23H24O4/c1-16(24)27-22-12-8-7-11-21(17-9-5-4-6-10-17)23(22)18-13-19(25-2)15-20(14-18)26-3/h4-7,9-15,21,23H,8H2,1-3H3/t21-,23+/m1/s1. The molecule has 2 aromatic carbocycles. The summed E-state index contributed by atoms with van der Waals surface area (Å²) < 4.78 is 16.5. The Kier molecular flexibility index (Phi) is 5.97. The zero-order valence-corrected chi connectivity index (χ0v) is 15.8. The second kappa shape index (κ2) is 8.58. The highest BCUT2D eigenvalue weighted by atomic mass is 16.5. The lowest BCUT2D eigenvalue weighted by molar-refractivity contribution is -0.137. The largest absolute Gasteiger partial charge is 0.497 e. The third-order valence-electron chi connectivity index (χ3n) is 4.64. The minimum Gasteiger partial charge on any atom is -0.497 e. The fraction of sp³-hybridized carbons (Fsp3) is 0.261. The van der Waals surface area contributed by atoms with Crippen molar-refractivity contribution in [2.45, 2.75) is 25.2 Å². The molecule has 140 valence electrons. The number of carbonyl (C=O) groups is 1. The van der Waals surface area contributed by atoms with Gasteiger partial charge in [-0.1, -0.05) is 42.5 Å². The topological polar surface area (TPSA) is 44.8 Å². The van der Waals surface area contributed by atoms with Crippen LogP contribution in [0.15, 0.2) is 72.5 Å². The minimum atomic E-state index is -0.324. The van der Waals surface area contributed by atoms with Crippen molar-refractivity contribution in [1.29, 1.82) is 0 Å². The zero-order chi connectivity index (χ0) is 19.2. The summed E-state index contributed by atoms with van der Waals surface area (Å²) in [6.45, 7) is 1.43. The number of esters is 1. The molecule has 2 atom stereocenters. The van der Waals surface area contributed by atoms with E-state index < -0.39 is 0 Å². The van der Waals surface area contributed by atoms with Gasteiger partial charge in [0, 0.05) is 18.9 Å². The molecule has 0 fully saturated rings. The molecule has 0 unspecified atom stereocenters. The van der Waals surface area contributed by atoms with E-state index in [0.29, 0.717) is 23.7 Å². The normalized spacial score (nSPS) is 19.0. The maximum absolute atomic E-state index is 11.8. The number of carbonyl (C=O) groups excluding carboxylic acids is 1. The fourth-order valence-corrected chi connectivity index (χ4v) is 3.45. The molecule has 1 aliphatic rings. The average Bonchev–Trinajstić information content (AvgIpc) is 2.90. The van der Waals surface area contributed by atoms with Crippen molar-refractivity contribution in [3.63, 3.8) is 0 Å². The third kappa shape index (κ3) is 4.40. The molecule has 0 amide bonds. The predicted molar refractivity (Wildman–Crippen MR) is 105 cm³/mol. The Morgan fingerprint density at radius 2 is 1.63 bits per heavy atom. The molecule has 0 N–H and O–H groups in total. The van der Waals surface area contributed by atoms with Crippen molar-refractivity contribution in [2.24, 2.45) is 0 Å². The fourth-order valence-electron chi connectivity index (χ4n) is 3.45. The van der Waals surface area contributed by atoms with Crippen LogP contribution in [0.4, 0.5) is 0 Å². The van der Waals surface area contributed by atoms with Gasteiger partial charge in [-0.25, -0.2) is 0 Å². The van der Waals surface area contributed by atoms with Crippen molar-refractivity contribution >= 4 is 5.97 Å². The van der Waals surface area contributed by atoms with Crippen LogP contribution in [0.2, 0.25) is 0 Å². The van der Waals surface area contributed by atoms with Crippen molar-refractivity contribution in [3.8, 4) is 11.5 Å². The lowest BCUT2D eigenvalue weighted by Gasteiger charge is -2.27. The first-order valence-corrected chi connectivity index (χ1v) is 8.95. The summed E-state index contributed by atoms with van der Waals surface area (Å²) >= 11 is 0. The van der Waals surface area contributed by atoms with Crippen LogP contribution >= 0.6 is 0 Å². The van der Waals surface area contributed by atoms with E-state index in [0.717, 1.165) is 11.1 Å². The lowest BCUT2D eigenvalue weighted by atomic mass is 9.80. The summed E-state index contributed by atoms with van der Waals surface area (Å²) in [5, 5.41) is 0. The van der Waals surface area contributed by atoms with Gasteiger partial charge in [-0.2, -0.15) is 0 Å². The van der Waals surface area contributed by atoms with Crippen molar-refractivity contribution in [1.82, 2.24) is 0 Å². The Balaban J connectivity index is 2.16. The van der Waals surface area contributed by atoms with Gasteiger partial charge in [0.2, 0.25) is 0 Å². The average molecular weight is 364 g/mol. The quantitative estimate of drug-likeness (QED) is 0.554. The zero-order valence-electron chi connectivity index (χ0n) is 15.8. The third-order valence-corrected chi connectivity index (χ3v) is 4.64. The highest BCUT2D eigenvalue weighted by Gasteiger charge is 2.30. The van der Waals surface area contributed by atoms with Crippen LogP contribution in [0.5, 0.6) is 11.5 Å². The van der Waals surface area contributed by atoms with Crippen LogP contribution in [0, 0.1) is 0 Å². The summed E-state index contributed by atoms with van der Waals surface area (Å²) in [4.78, 5) is 11.8. The molecule has 0 spiro atoms. The van der Waals surface area contributed by atoms with E-state index in [4.69, 9.17) is 14.2 Å². The molecule has 0 saturated carbocycles. The summed E-state index contributed by atoms with van der Waals surface area (Å²) in [5.74, 6) is 1.58. The Labute approximate surface area is 160 Å². The smallest absolute Gasteiger partial charge is 0.307 e. The second-order valence-corrected chi connectivity index (χ2v) is 6.42. The summed E-state index contributed by atoms with van der Waals surface area (Å²) in [5.41, 5.74) is 2.12. The number of allylic oxidation sites excluding steroid dienone is 4. The Morgan fingerprint density at radius 1 is 0.963 bits per heavy atom. The Hall–Kier alpha value is -3.01. The van der Waals surface area contributed by atoms with Gasteiger partial charge in [0.25, 0.3) is 0 Å². The molecule has 2 aromatic rings. The Bertz CT molecular complexity index is 830. The minimum absolute atomic E-state index is 0.0242. The van der Waals surface area contributed by atoms with Gasteiger partial charge in [0.05, 0.1) is 20.1 Å². The molecule has 0 aliphatic heterocycles. The first-order valence-electron chi connectivity index (χ1n) is 8.95. The number of methoxy groups -OCH3 is 2. The van der Waals surface area contributed by atoms with Crippen molar-refractivity contribution in [2.75, 3.05) is 14.2 Å². The van der Waals surface area contributed by atoms with E-state index in [1.54, 1.807) is 14.2 Å². The van der Waals surface area contributed by atoms with Crippen LogP contribution in [0.25, 0.3) is 0 Å².